The maximum absolute atomic E-state index is 11.3. The van der Waals surface area contributed by atoms with Crippen molar-refractivity contribution in [3.05, 3.63) is 29.8 Å². The standard InChI is InChI=1S/C12H15N3O2/c13-12(17)14-11(16)6-8-15-7-5-9-3-1-2-4-10(9)15/h1-4H,5-8H2,(H3,13,14,16,17). The molecule has 0 radical (unpaired) electrons. The van der Waals surface area contributed by atoms with Crippen molar-refractivity contribution >= 4 is 17.6 Å². The minimum atomic E-state index is -0.795. The van der Waals surface area contributed by atoms with Crippen LogP contribution in [0.1, 0.15) is 12.0 Å². The van der Waals surface area contributed by atoms with E-state index in [9.17, 15) is 9.59 Å². The highest BCUT2D eigenvalue weighted by molar-refractivity contribution is 5.93. The van der Waals surface area contributed by atoms with Gasteiger partial charge in [-0.15, -0.1) is 0 Å². The number of rotatable bonds is 3. The summed E-state index contributed by atoms with van der Waals surface area (Å²) in [6.07, 6.45) is 1.28. The van der Waals surface area contributed by atoms with E-state index in [1.54, 1.807) is 0 Å². The molecule has 1 aromatic carbocycles. The number of carbonyl (C=O) groups excluding carboxylic acids is 2. The zero-order chi connectivity index (χ0) is 12.3. The maximum atomic E-state index is 11.3. The van der Waals surface area contributed by atoms with Crippen LogP contribution in [0, 0.1) is 0 Å². The Labute approximate surface area is 99.6 Å². The van der Waals surface area contributed by atoms with Gasteiger partial charge < -0.3 is 10.6 Å². The highest BCUT2D eigenvalue weighted by Gasteiger charge is 2.18. The highest BCUT2D eigenvalue weighted by Crippen LogP contribution is 2.27. The second-order valence-electron chi connectivity index (χ2n) is 4.03. The lowest BCUT2D eigenvalue weighted by atomic mass is 10.2. The fraction of sp³-hybridized carbons (Fsp3) is 0.333. The molecule has 3 amide bonds. The van der Waals surface area contributed by atoms with Gasteiger partial charge in [-0.1, -0.05) is 18.2 Å². The first kappa shape index (κ1) is 11.4. The van der Waals surface area contributed by atoms with Gasteiger partial charge >= 0.3 is 6.03 Å². The molecule has 1 heterocycles. The van der Waals surface area contributed by atoms with Crippen molar-refractivity contribution in [3.63, 3.8) is 0 Å². The second kappa shape index (κ2) is 4.86. The average molecular weight is 233 g/mol. The van der Waals surface area contributed by atoms with Crippen LogP contribution in [-0.2, 0) is 11.2 Å². The Hall–Kier alpha value is -2.04. The van der Waals surface area contributed by atoms with E-state index in [-0.39, 0.29) is 12.3 Å². The van der Waals surface area contributed by atoms with E-state index in [2.05, 4.69) is 16.3 Å². The van der Waals surface area contributed by atoms with E-state index in [4.69, 9.17) is 5.73 Å². The third-order valence-electron chi connectivity index (χ3n) is 2.85. The number of anilines is 1. The molecule has 0 atom stereocenters. The van der Waals surface area contributed by atoms with Crippen molar-refractivity contribution in [2.75, 3.05) is 18.0 Å². The molecular weight excluding hydrogens is 218 g/mol. The molecule has 1 aromatic rings. The van der Waals surface area contributed by atoms with E-state index < -0.39 is 6.03 Å². The van der Waals surface area contributed by atoms with Crippen LogP contribution < -0.4 is 16.0 Å². The molecule has 0 aliphatic carbocycles. The largest absolute Gasteiger partial charge is 0.370 e. The summed E-state index contributed by atoms with van der Waals surface area (Å²) in [5.74, 6) is -0.332. The summed E-state index contributed by atoms with van der Waals surface area (Å²) in [6, 6.07) is 7.35. The van der Waals surface area contributed by atoms with Gasteiger partial charge in [-0.05, 0) is 18.1 Å². The number of fused-ring (bicyclic) bond motifs is 1. The van der Waals surface area contributed by atoms with Crippen LogP contribution in [-0.4, -0.2) is 25.0 Å². The van der Waals surface area contributed by atoms with E-state index in [0.717, 1.165) is 13.0 Å². The number of carbonyl (C=O) groups is 2. The fourth-order valence-corrected chi connectivity index (χ4v) is 2.08. The Morgan fingerprint density at radius 3 is 2.88 bits per heavy atom. The lowest BCUT2D eigenvalue weighted by molar-refractivity contribution is -0.119. The van der Waals surface area contributed by atoms with E-state index in [1.165, 1.54) is 11.3 Å². The zero-order valence-electron chi connectivity index (χ0n) is 9.48. The number of para-hydroxylation sites is 1. The Balaban J connectivity index is 1.90. The fourth-order valence-electron chi connectivity index (χ4n) is 2.08. The minimum Gasteiger partial charge on any atom is -0.370 e. The molecule has 0 aromatic heterocycles. The molecule has 1 aliphatic rings. The summed E-state index contributed by atoms with van der Waals surface area (Å²) >= 11 is 0. The average Bonchev–Trinajstić information content (AvgIpc) is 2.69. The van der Waals surface area contributed by atoms with Gasteiger partial charge in [0, 0.05) is 25.2 Å². The predicted molar refractivity (Wildman–Crippen MR) is 64.7 cm³/mol. The summed E-state index contributed by atoms with van der Waals surface area (Å²) in [4.78, 5) is 23.9. The van der Waals surface area contributed by atoms with Gasteiger partial charge in [-0.3, -0.25) is 10.1 Å². The van der Waals surface area contributed by atoms with Gasteiger partial charge in [-0.2, -0.15) is 0 Å². The van der Waals surface area contributed by atoms with E-state index in [1.807, 2.05) is 18.2 Å². The number of nitrogens with one attached hydrogen (secondary N) is 1. The third-order valence-corrected chi connectivity index (χ3v) is 2.85. The van der Waals surface area contributed by atoms with Crippen molar-refractivity contribution in [2.45, 2.75) is 12.8 Å². The molecule has 0 unspecified atom stereocenters. The van der Waals surface area contributed by atoms with Gasteiger partial charge in [0.15, 0.2) is 0 Å². The van der Waals surface area contributed by atoms with Crippen molar-refractivity contribution in [3.8, 4) is 0 Å². The maximum Gasteiger partial charge on any atom is 0.318 e. The molecule has 0 bridgehead atoms. The molecule has 0 fully saturated rings. The monoisotopic (exact) mass is 233 g/mol. The van der Waals surface area contributed by atoms with Gasteiger partial charge in [-0.25, -0.2) is 4.79 Å². The molecule has 17 heavy (non-hydrogen) atoms. The third kappa shape index (κ3) is 2.75. The zero-order valence-corrected chi connectivity index (χ0v) is 9.48. The molecule has 90 valence electrons. The highest BCUT2D eigenvalue weighted by atomic mass is 16.2. The summed E-state index contributed by atoms with van der Waals surface area (Å²) in [5, 5.41) is 2.06. The molecule has 2 rings (SSSR count). The van der Waals surface area contributed by atoms with Crippen LogP contribution in [0.3, 0.4) is 0 Å². The van der Waals surface area contributed by atoms with Crippen molar-refractivity contribution < 1.29 is 9.59 Å². The number of primary amides is 1. The predicted octanol–water partition coefficient (Wildman–Crippen LogP) is 0.634. The quantitative estimate of drug-likeness (QED) is 0.804. The molecule has 1 aliphatic heterocycles. The van der Waals surface area contributed by atoms with Crippen molar-refractivity contribution in [1.29, 1.82) is 0 Å². The smallest absolute Gasteiger partial charge is 0.318 e. The molecule has 3 N–H and O–H groups in total. The van der Waals surface area contributed by atoms with Crippen LogP contribution in [0.5, 0.6) is 0 Å². The Bertz CT molecular complexity index is 445. The summed E-state index contributed by atoms with van der Waals surface area (Å²) in [6.45, 7) is 1.53. The summed E-state index contributed by atoms with van der Waals surface area (Å²) in [5.41, 5.74) is 7.36. The minimum absolute atomic E-state index is 0.275. The summed E-state index contributed by atoms with van der Waals surface area (Å²) in [7, 11) is 0. The van der Waals surface area contributed by atoms with Crippen molar-refractivity contribution in [2.24, 2.45) is 5.73 Å². The molecular formula is C12H15N3O2. The number of hydrogen-bond acceptors (Lipinski definition) is 3. The van der Waals surface area contributed by atoms with E-state index >= 15 is 0 Å². The van der Waals surface area contributed by atoms with Crippen molar-refractivity contribution in [1.82, 2.24) is 5.32 Å². The lowest BCUT2D eigenvalue weighted by Crippen LogP contribution is -2.37. The second-order valence-corrected chi connectivity index (χ2v) is 4.03. The van der Waals surface area contributed by atoms with Crippen LogP contribution in [0.2, 0.25) is 0 Å². The molecule has 5 heteroatoms. The first-order valence-corrected chi connectivity index (χ1v) is 5.59. The number of imide groups is 1. The number of benzene rings is 1. The number of nitrogens with two attached hydrogens (primary N) is 1. The number of nitrogens with zero attached hydrogens (tertiary/aromatic N) is 1. The van der Waals surface area contributed by atoms with Crippen LogP contribution in [0.15, 0.2) is 24.3 Å². The van der Waals surface area contributed by atoms with E-state index in [0.29, 0.717) is 6.54 Å². The van der Waals surface area contributed by atoms with Crippen LogP contribution in [0.4, 0.5) is 10.5 Å². The molecule has 0 saturated heterocycles. The van der Waals surface area contributed by atoms with Gasteiger partial charge in [0.2, 0.25) is 5.91 Å². The number of hydrogen-bond donors (Lipinski definition) is 2. The van der Waals surface area contributed by atoms with Gasteiger partial charge in [0.25, 0.3) is 0 Å². The first-order chi connectivity index (χ1) is 8.16. The van der Waals surface area contributed by atoms with Gasteiger partial charge in [0.05, 0.1) is 0 Å². The first-order valence-electron chi connectivity index (χ1n) is 5.59. The van der Waals surface area contributed by atoms with Gasteiger partial charge in [0.1, 0.15) is 0 Å². The summed E-state index contributed by atoms with van der Waals surface area (Å²) < 4.78 is 0. The molecule has 0 saturated carbocycles. The Morgan fingerprint density at radius 2 is 2.12 bits per heavy atom. The topological polar surface area (TPSA) is 75.4 Å². The Kier molecular flexibility index (Phi) is 3.27. The Morgan fingerprint density at radius 1 is 1.35 bits per heavy atom. The number of amides is 3. The number of urea groups is 1. The molecule has 0 spiro atoms. The van der Waals surface area contributed by atoms with Crippen LogP contribution >= 0.6 is 0 Å². The molecule has 5 nitrogen and oxygen atoms in total. The SMILES string of the molecule is NC(=O)NC(=O)CCN1CCc2ccccc21. The normalized spacial score (nSPS) is 13.3. The van der Waals surface area contributed by atoms with Crippen LogP contribution in [0.25, 0.3) is 0 Å². The lowest BCUT2D eigenvalue weighted by Gasteiger charge is -2.18.